The minimum absolute atomic E-state index is 0.00774. The Kier molecular flexibility index (Phi) is 7.04. The molecule has 2 aliphatic heterocycles. The van der Waals surface area contributed by atoms with Crippen molar-refractivity contribution in [1.82, 2.24) is 5.32 Å². The third-order valence-corrected chi connectivity index (χ3v) is 7.76. The standard InChI is InChI=1S/C28H31NO10/c1-35-17-4-2-3-15-21(17)27(33)24-23(25(15)31)26(32)16-9-13(30)10-18(22(16)28(24)34)39-20-6-5-14(11-37-20)38-19-12-36-8-7-29-19/h2-4,13-14,18-20,29-30,32,34H,5-12H2,1H3/t13-,14-,18?,19+,20-/m0/s1. The van der Waals surface area contributed by atoms with Gasteiger partial charge in [-0.2, -0.15) is 0 Å². The number of nitrogens with one attached hydrogen (secondary N) is 1. The van der Waals surface area contributed by atoms with Gasteiger partial charge in [-0.25, -0.2) is 0 Å². The lowest BCUT2D eigenvalue weighted by molar-refractivity contribution is -0.230. The molecule has 0 radical (unpaired) electrons. The minimum Gasteiger partial charge on any atom is -0.507 e. The zero-order valence-corrected chi connectivity index (χ0v) is 21.5. The fraction of sp³-hybridized carbons (Fsp3) is 0.500. The average molecular weight is 542 g/mol. The average Bonchev–Trinajstić information content (AvgIpc) is 2.94. The highest BCUT2D eigenvalue weighted by molar-refractivity contribution is 6.31. The first-order valence-corrected chi connectivity index (χ1v) is 13.2. The fourth-order valence-corrected chi connectivity index (χ4v) is 5.94. The number of carbonyl (C=O) groups excluding carboxylic acids is 2. The second kappa shape index (κ2) is 10.5. The summed E-state index contributed by atoms with van der Waals surface area (Å²) >= 11 is 0. The molecular formula is C28H31NO10. The predicted octanol–water partition coefficient (Wildman–Crippen LogP) is 1.71. The highest BCUT2D eigenvalue weighted by Gasteiger charge is 2.43. The van der Waals surface area contributed by atoms with E-state index in [1.807, 2.05) is 0 Å². The molecule has 39 heavy (non-hydrogen) atoms. The van der Waals surface area contributed by atoms with Crippen LogP contribution in [-0.4, -0.2) is 85.1 Å². The smallest absolute Gasteiger partial charge is 0.202 e. The van der Waals surface area contributed by atoms with Gasteiger partial charge in [-0.3, -0.25) is 14.9 Å². The molecule has 11 nitrogen and oxygen atoms in total. The Hall–Kier alpha value is -3.06. The van der Waals surface area contributed by atoms with Crippen LogP contribution in [0.4, 0.5) is 0 Å². The van der Waals surface area contributed by atoms with E-state index in [4.69, 9.17) is 23.7 Å². The number of ketones is 2. The van der Waals surface area contributed by atoms with E-state index >= 15 is 0 Å². The van der Waals surface area contributed by atoms with E-state index in [1.165, 1.54) is 13.2 Å². The van der Waals surface area contributed by atoms with Gasteiger partial charge in [0.15, 0.2) is 12.1 Å². The molecule has 0 bridgehead atoms. The van der Waals surface area contributed by atoms with Crippen LogP contribution < -0.4 is 10.1 Å². The summed E-state index contributed by atoms with van der Waals surface area (Å²) in [6.45, 7) is 2.13. The van der Waals surface area contributed by atoms with Crippen molar-refractivity contribution in [2.75, 3.05) is 33.5 Å². The van der Waals surface area contributed by atoms with Gasteiger partial charge < -0.3 is 39.0 Å². The Labute approximate surface area is 224 Å². The molecule has 2 aromatic carbocycles. The Balaban J connectivity index is 1.28. The number of aliphatic hydroxyl groups excluding tert-OH is 1. The molecule has 2 heterocycles. The molecule has 6 rings (SSSR count). The summed E-state index contributed by atoms with van der Waals surface area (Å²) in [5.41, 5.74) is -0.102. The van der Waals surface area contributed by atoms with Crippen LogP contribution in [0, 0.1) is 0 Å². The number of benzene rings is 2. The molecule has 0 aromatic heterocycles. The molecule has 2 saturated heterocycles. The molecule has 4 N–H and O–H groups in total. The van der Waals surface area contributed by atoms with Crippen LogP contribution in [0.15, 0.2) is 18.2 Å². The zero-order chi connectivity index (χ0) is 27.3. The van der Waals surface area contributed by atoms with E-state index in [0.29, 0.717) is 26.1 Å². The van der Waals surface area contributed by atoms with E-state index in [0.717, 1.165) is 6.54 Å². The molecule has 11 heteroatoms. The maximum absolute atomic E-state index is 13.6. The van der Waals surface area contributed by atoms with Crippen LogP contribution in [-0.2, 0) is 25.4 Å². The second-order valence-corrected chi connectivity index (χ2v) is 10.2. The largest absolute Gasteiger partial charge is 0.507 e. The van der Waals surface area contributed by atoms with Crippen LogP contribution in [0.1, 0.15) is 68.3 Å². The lowest BCUT2D eigenvalue weighted by Gasteiger charge is -2.37. The van der Waals surface area contributed by atoms with Gasteiger partial charge in [-0.1, -0.05) is 12.1 Å². The third-order valence-electron chi connectivity index (χ3n) is 7.76. The molecule has 0 amide bonds. The van der Waals surface area contributed by atoms with Crippen molar-refractivity contribution >= 4 is 11.6 Å². The van der Waals surface area contributed by atoms with Crippen LogP contribution in [0.3, 0.4) is 0 Å². The van der Waals surface area contributed by atoms with Crippen LogP contribution >= 0.6 is 0 Å². The zero-order valence-electron chi connectivity index (χ0n) is 21.5. The Morgan fingerprint density at radius 3 is 2.54 bits per heavy atom. The topological polar surface area (TPSA) is 153 Å². The van der Waals surface area contributed by atoms with Gasteiger partial charge >= 0.3 is 0 Å². The molecular weight excluding hydrogens is 510 g/mol. The van der Waals surface area contributed by atoms with Crippen molar-refractivity contribution in [2.24, 2.45) is 0 Å². The summed E-state index contributed by atoms with van der Waals surface area (Å²) in [6.07, 6.45) is -1.50. The Morgan fingerprint density at radius 2 is 1.82 bits per heavy atom. The number of methoxy groups -OCH3 is 1. The third kappa shape index (κ3) is 4.58. The number of morpholine rings is 1. The number of ether oxygens (including phenoxy) is 5. The Bertz CT molecular complexity index is 1300. The SMILES string of the molecule is COc1cccc2c1C(=O)c1c(O)c3c(c(O)c1C2=O)C[C@H](O)CC3O[C@H]1CC[C@H](O[C@@H]2COCCN2)CO1. The highest BCUT2D eigenvalue weighted by Crippen LogP contribution is 2.50. The monoisotopic (exact) mass is 541 g/mol. The van der Waals surface area contributed by atoms with Gasteiger partial charge in [0.1, 0.15) is 23.5 Å². The summed E-state index contributed by atoms with van der Waals surface area (Å²) in [6, 6.07) is 4.61. The van der Waals surface area contributed by atoms with Gasteiger partial charge in [0.2, 0.25) is 5.78 Å². The first kappa shape index (κ1) is 26.2. The number of hydrogen-bond acceptors (Lipinski definition) is 11. The van der Waals surface area contributed by atoms with Crippen LogP contribution in [0.25, 0.3) is 0 Å². The summed E-state index contributed by atoms with van der Waals surface area (Å²) in [5.74, 6) is -1.92. The van der Waals surface area contributed by atoms with Gasteiger partial charge in [0.05, 0.1) is 61.9 Å². The number of aliphatic hydroxyl groups is 1. The van der Waals surface area contributed by atoms with Gasteiger partial charge in [-0.15, -0.1) is 0 Å². The molecule has 5 atom stereocenters. The number of phenols is 2. The highest BCUT2D eigenvalue weighted by atomic mass is 16.7. The molecule has 1 unspecified atom stereocenters. The number of hydrogen-bond donors (Lipinski definition) is 4. The van der Waals surface area contributed by atoms with Crippen molar-refractivity contribution in [2.45, 2.75) is 56.5 Å². The summed E-state index contributed by atoms with van der Waals surface area (Å²) < 4.78 is 28.8. The number of rotatable bonds is 5. The van der Waals surface area contributed by atoms with E-state index in [-0.39, 0.29) is 70.9 Å². The van der Waals surface area contributed by atoms with Crippen molar-refractivity contribution in [1.29, 1.82) is 0 Å². The number of carbonyl (C=O) groups is 2. The van der Waals surface area contributed by atoms with Crippen LogP contribution in [0.5, 0.6) is 17.2 Å². The second-order valence-electron chi connectivity index (χ2n) is 10.2. The maximum Gasteiger partial charge on any atom is 0.202 e. The summed E-state index contributed by atoms with van der Waals surface area (Å²) in [4.78, 5) is 27.0. The molecule has 0 spiro atoms. The maximum atomic E-state index is 13.6. The fourth-order valence-electron chi connectivity index (χ4n) is 5.94. The molecule has 0 saturated carbocycles. The number of phenolic OH excluding ortho intramolecular Hbond substituents is 2. The first-order chi connectivity index (χ1) is 18.9. The van der Waals surface area contributed by atoms with E-state index in [2.05, 4.69) is 5.32 Å². The lowest BCUT2D eigenvalue weighted by atomic mass is 9.76. The van der Waals surface area contributed by atoms with E-state index in [1.54, 1.807) is 12.1 Å². The molecule has 2 aliphatic carbocycles. The predicted molar refractivity (Wildman–Crippen MR) is 134 cm³/mol. The number of fused-ring (bicyclic) bond motifs is 3. The summed E-state index contributed by atoms with van der Waals surface area (Å²) in [5, 5.41) is 36.5. The Morgan fingerprint density at radius 1 is 1.00 bits per heavy atom. The molecule has 4 aliphatic rings. The van der Waals surface area contributed by atoms with Gasteiger partial charge in [-0.05, 0) is 12.5 Å². The van der Waals surface area contributed by atoms with Gasteiger partial charge in [0.25, 0.3) is 0 Å². The van der Waals surface area contributed by atoms with Crippen molar-refractivity contribution in [3.63, 3.8) is 0 Å². The van der Waals surface area contributed by atoms with E-state index < -0.39 is 41.6 Å². The van der Waals surface area contributed by atoms with Crippen LogP contribution in [0.2, 0.25) is 0 Å². The minimum atomic E-state index is -0.898. The first-order valence-electron chi connectivity index (χ1n) is 13.2. The molecule has 2 fully saturated rings. The van der Waals surface area contributed by atoms with Gasteiger partial charge in [0, 0.05) is 42.5 Å². The van der Waals surface area contributed by atoms with E-state index in [9.17, 15) is 24.9 Å². The normalized spacial score (nSPS) is 28.4. The van der Waals surface area contributed by atoms with Crippen molar-refractivity contribution in [3.05, 3.63) is 51.6 Å². The summed E-state index contributed by atoms with van der Waals surface area (Å²) in [7, 11) is 1.39. The lowest BCUT2D eigenvalue weighted by Crippen LogP contribution is -2.47. The van der Waals surface area contributed by atoms with Crippen molar-refractivity contribution in [3.8, 4) is 17.2 Å². The van der Waals surface area contributed by atoms with Crippen molar-refractivity contribution < 1.29 is 48.6 Å². The molecule has 208 valence electrons. The number of aromatic hydroxyl groups is 2. The molecule has 2 aromatic rings. The quantitative estimate of drug-likeness (QED) is 0.349.